The highest BCUT2D eigenvalue weighted by Crippen LogP contribution is 2.40. The van der Waals surface area contributed by atoms with Crippen molar-refractivity contribution in [2.24, 2.45) is 0 Å². The van der Waals surface area contributed by atoms with Gasteiger partial charge in [0.1, 0.15) is 0 Å². The molecule has 5 nitrogen and oxygen atoms in total. The molecule has 5 rings (SSSR count). The molecule has 148 valence electrons. The first-order valence-electron chi connectivity index (χ1n) is 10.1. The van der Waals surface area contributed by atoms with Gasteiger partial charge in [0, 0.05) is 30.1 Å². The van der Waals surface area contributed by atoms with Gasteiger partial charge in [-0.25, -0.2) is 0 Å². The fourth-order valence-electron chi connectivity index (χ4n) is 4.19. The predicted octanol–water partition coefficient (Wildman–Crippen LogP) is 4.33. The number of amides is 1. The summed E-state index contributed by atoms with van der Waals surface area (Å²) in [6.45, 7) is 1.26. The van der Waals surface area contributed by atoms with Gasteiger partial charge in [0.05, 0.1) is 25.3 Å². The Morgan fingerprint density at radius 2 is 1.76 bits per heavy atom. The molecule has 0 N–H and O–H groups in total. The smallest absolute Gasteiger partial charge is 0.254 e. The standard InChI is InChI=1S/C24H24N2O3/c1-28-22-11-16-9-10-26(14-17(16)12-23(22)29-2)24(27)19-13-21(15-7-8-15)25-20-6-4-3-5-18(19)20/h3-6,11-13,15H,7-10,14H2,1-2H3. The van der Waals surface area contributed by atoms with Crippen molar-refractivity contribution in [1.29, 1.82) is 0 Å². The number of ether oxygens (including phenoxy) is 2. The minimum atomic E-state index is 0.0749. The molecule has 1 aliphatic carbocycles. The van der Waals surface area contributed by atoms with Crippen LogP contribution in [0.15, 0.2) is 42.5 Å². The van der Waals surface area contributed by atoms with Gasteiger partial charge in [-0.15, -0.1) is 0 Å². The lowest BCUT2D eigenvalue weighted by molar-refractivity contribution is 0.0736. The Hall–Kier alpha value is -3.08. The molecule has 3 aromatic rings. The van der Waals surface area contributed by atoms with Gasteiger partial charge in [-0.1, -0.05) is 18.2 Å². The minimum Gasteiger partial charge on any atom is -0.493 e. The van der Waals surface area contributed by atoms with Crippen LogP contribution in [-0.2, 0) is 13.0 Å². The lowest BCUT2D eigenvalue weighted by Crippen LogP contribution is -2.36. The van der Waals surface area contributed by atoms with Crippen molar-refractivity contribution < 1.29 is 14.3 Å². The van der Waals surface area contributed by atoms with Crippen LogP contribution >= 0.6 is 0 Å². The summed E-state index contributed by atoms with van der Waals surface area (Å²) in [5.74, 6) is 2.02. The number of benzene rings is 2. The molecule has 0 unspecified atom stereocenters. The van der Waals surface area contributed by atoms with Crippen LogP contribution in [0.4, 0.5) is 0 Å². The first-order valence-corrected chi connectivity index (χ1v) is 10.1. The van der Waals surface area contributed by atoms with Crippen LogP contribution in [0.5, 0.6) is 11.5 Å². The first-order chi connectivity index (χ1) is 14.2. The van der Waals surface area contributed by atoms with Crippen LogP contribution in [0.2, 0.25) is 0 Å². The molecule has 2 aromatic carbocycles. The monoisotopic (exact) mass is 388 g/mol. The zero-order chi connectivity index (χ0) is 20.0. The van der Waals surface area contributed by atoms with Gasteiger partial charge in [-0.2, -0.15) is 0 Å². The largest absolute Gasteiger partial charge is 0.493 e. The summed E-state index contributed by atoms with van der Waals surface area (Å²) in [5.41, 5.74) is 5.05. The summed E-state index contributed by atoms with van der Waals surface area (Å²) in [4.78, 5) is 20.3. The van der Waals surface area contributed by atoms with Gasteiger partial charge in [-0.05, 0) is 54.7 Å². The summed E-state index contributed by atoms with van der Waals surface area (Å²) in [5, 5.41) is 0.931. The van der Waals surface area contributed by atoms with Crippen LogP contribution in [0, 0.1) is 0 Å². The average molecular weight is 388 g/mol. The highest BCUT2D eigenvalue weighted by molar-refractivity contribution is 6.06. The van der Waals surface area contributed by atoms with Crippen LogP contribution in [0.1, 0.15) is 45.9 Å². The van der Waals surface area contributed by atoms with Crippen molar-refractivity contribution in [1.82, 2.24) is 9.88 Å². The molecule has 5 heteroatoms. The Kier molecular flexibility index (Phi) is 4.38. The second kappa shape index (κ2) is 7.07. The number of carbonyl (C=O) groups excluding carboxylic acids is 1. The summed E-state index contributed by atoms with van der Waals surface area (Å²) < 4.78 is 10.9. The second-order valence-electron chi connectivity index (χ2n) is 7.84. The normalized spacial score (nSPS) is 15.9. The number of rotatable bonds is 4. The predicted molar refractivity (Wildman–Crippen MR) is 112 cm³/mol. The topological polar surface area (TPSA) is 51.7 Å². The number of nitrogens with zero attached hydrogens (tertiary/aromatic N) is 2. The molecule has 2 heterocycles. The average Bonchev–Trinajstić information content (AvgIpc) is 3.62. The third-order valence-electron chi connectivity index (χ3n) is 5.97. The highest BCUT2D eigenvalue weighted by Gasteiger charge is 2.29. The van der Waals surface area contributed by atoms with Crippen molar-refractivity contribution in [2.45, 2.75) is 31.7 Å². The first kappa shape index (κ1) is 18.0. The zero-order valence-corrected chi connectivity index (χ0v) is 16.8. The molecular formula is C24H24N2O3. The third kappa shape index (κ3) is 3.20. The summed E-state index contributed by atoms with van der Waals surface area (Å²) in [6.07, 6.45) is 3.13. The SMILES string of the molecule is COc1cc2c(cc1OC)CN(C(=O)c1cc(C3CC3)nc3ccccc13)CC2. The minimum absolute atomic E-state index is 0.0749. The number of fused-ring (bicyclic) bond motifs is 2. The zero-order valence-electron chi connectivity index (χ0n) is 16.8. The molecule has 0 spiro atoms. The van der Waals surface area contributed by atoms with Crippen molar-refractivity contribution in [3.63, 3.8) is 0 Å². The number of carbonyl (C=O) groups is 1. The third-order valence-corrected chi connectivity index (χ3v) is 5.97. The molecule has 0 atom stereocenters. The molecule has 29 heavy (non-hydrogen) atoms. The van der Waals surface area contributed by atoms with Crippen LogP contribution in [0.25, 0.3) is 10.9 Å². The van der Waals surface area contributed by atoms with E-state index in [4.69, 9.17) is 14.5 Å². The molecule has 1 saturated carbocycles. The van der Waals surface area contributed by atoms with Crippen molar-refractivity contribution in [2.75, 3.05) is 20.8 Å². The Balaban J connectivity index is 1.51. The molecule has 1 fully saturated rings. The number of para-hydroxylation sites is 1. The summed E-state index contributed by atoms with van der Waals surface area (Å²) in [6, 6.07) is 14.0. The number of hydrogen-bond acceptors (Lipinski definition) is 4. The number of methoxy groups -OCH3 is 2. The van der Waals surface area contributed by atoms with Crippen molar-refractivity contribution >= 4 is 16.8 Å². The van der Waals surface area contributed by atoms with E-state index in [9.17, 15) is 4.79 Å². The van der Waals surface area contributed by atoms with E-state index in [0.717, 1.165) is 52.7 Å². The Labute approximate surface area is 170 Å². The summed E-state index contributed by atoms with van der Waals surface area (Å²) in [7, 11) is 3.29. The molecule has 0 saturated heterocycles. The van der Waals surface area contributed by atoms with E-state index >= 15 is 0 Å². The molecule has 1 aromatic heterocycles. The summed E-state index contributed by atoms with van der Waals surface area (Å²) >= 11 is 0. The molecule has 1 aliphatic heterocycles. The van der Waals surface area contributed by atoms with Crippen molar-refractivity contribution in [3.05, 3.63) is 64.8 Å². The van der Waals surface area contributed by atoms with Crippen LogP contribution in [0.3, 0.4) is 0 Å². The van der Waals surface area contributed by atoms with E-state index in [0.29, 0.717) is 24.8 Å². The fourth-order valence-corrected chi connectivity index (χ4v) is 4.19. The lowest BCUT2D eigenvalue weighted by Gasteiger charge is -2.30. The Morgan fingerprint density at radius 3 is 2.48 bits per heavy atom. The van der Waals surface area contributed by atoms with Gasteiger partial charge in [0.15, 0.2) is 11.5 Å². The molecule has 1 amide bonds. The van der Waals surface area contributed by atoms with E-state index in [1.54, 1.807) is 14.2 Å². The van der Waals surface area contributed by atoms with Crippen molar-refractivity contribution in [3.8, 4) is 11.5 Å². The number of aromatic nitrogens is 1. The maximum atomic E-state index is 13.5. The Morgan fingerprint density at radius 1 is 1.03 bits per heavy atom. The maximum Gasteiger partial charge on any atom is 0.254 e. The fraction of sp³-hybridized carbons (Fsp3) is 0.333. The van der Waals surface area contributed by atoms with E-state index in [2.05, 4.69) is 0 Å². The molecule has 0 bridgehead atoms. The lowest BCUT2D eigenvalue weighted by atomic mass is 9.97. The van der Waals surface area contributed by atoms with Crippen LogP contribution < -0.4 is 9.47 Å². The number of pyridine rings is 1. The van der Waals surface area contributed by atoms with Gasteiger partial charge in [0.2, 0.25) is 0 Å². The second-order valence-corrected chi connectivity index (χ2v) is 7.84. The van der Waals surface area contributed by atoms with E-state index in [1.165, 1.54) is 5.56 Å². The van der Waals surface area contributed by atoms with E-state index in [-0.39, 0.29) is 5.91 Å². The van der Waals surface area contributed by atoms with Gasteiger partial charge in [-0.3, -0.25) is 9.78 Å². The van der Waals surface area contributed by atoms with E-state index in [1.807, 2.05) is 47.4 Å². The van der Waals surface area contributed by atoms with Gasteiger partial charge < -0.3 is 14.4 Å². The molecule has 0 radical (unpaired) electrons. The quantitative estimate of drug-likeness (QED) is 0.668. The molecule has 2 aliphatic rings. The number of hydrogen-bond donors (Lipinski definition) is 0. The molecular weight excluding hydrogens is 364 g/mol. The Bertz CT molecular complexity index is 1100. The van der Waals surface area contributed by atoms with Gasteiger partial charge >= 0.3 is 0 Å². The highest BCUT2D eigenvalue weighted by atomic mass is 16.5. The van der Waals surface area contributed by atoms with Crippen LogP contribution in [-0.4, -0.2) is 36.6 Å². The van der Waals surface area contributed by atoms with Gasteiger partial charge in [0.25, 0.3) is 5.91 Å². The maximum absolute atomic E-state index is 13.5. The van der Waals surface area contributed by atoms with E-state index < -0.39 is 0 Å².